The van der Waals surface area contributed by atoms with Crippen molar-refractivity contribution in [2.45, 2.75) is 26.8 Å². The topological polar surface area (TPSA) is 58.8 Å². The molecule has 0 amide bonds. The molecule has 1 atom stereocenters. The highest BCUT2D eigenvalue weighted by Crippen LogP contribution is 2.15. The number of furan rings is 1. The van der Waals surface area contributed by atoms with Crippen LogP contribution in [0, 0.1) is 6.92 Å². The van der Waals surface area contributed by atoms with Gasteiger partial charge in [0.1, 0.15) is 11.5 Å². The zero-order valence-corrected chi connectivity index (χ0v) is 11.6. The Hall–Kier alpha value is -1.49. The fourth-order valence-corrected chi connectivity index (χ4v) is 1.53. The van der Waals surface area contributed by atoms with Gasteiger partial charge < -0.3 is 19.8 Å². The Kier molecular flexibility index (Phi) is 6.28. The van der Waals surface area contributed by atoms with E-state index in [0.717, 1.165) is 24.0 Å². The number of rotatable bonds is 6. The average molecular weight is 253 g/mol. The first kappa shape index (κ1) is 14.6. The minimum atomic E-state index is 0.0824. The Balaban J connectivity index is 2.56. The lowest BCUT2D eigenvalue weighted by atomic mass is 10.2. The Morgan fingerprint density at radius 3 is 2.83 bits per heavy atom. The van der Waals surface area contributed by atoms with Crippen LogP contribution in [0.5, 0.6) is 0 Å². The molecule has 0 fully saturated rings. The zero-order valence-electron chi connectivity index (χ0n) is 11.6. The van der Waals surface area contributed by atoms with Crippen LogP contribution in [0.15, 0.2) is 21.5 Å². The van der Waals surface area contributed by atoms with Gasteiger partial charge in [-0.05, 0) is 32.9 Å². The molecule has 102 valence electrons. The monoisotopic (exact) mass is 253 g/mol. The van der Waals surface area contributed by atoms with E-state index >= 15 is 0 Å². The Morgan fingerprint density at radius 2 is 2.28 bits per heavy atom. The number of nitrogens with zero attached hydrogens (tertiary/aromatic N) is 1. The van der Waals surface area contributed by atoms with Crippen molar-refractivity contribution in [1.82, 2.24) is 10.6 Å². The van der Waals surface area contributed by atoms with Crippen molar-refractivity contribution in [1.29, 1.82) is 0 Å². The van der Waals surface area contributed by atoms with Crippen LogP contribution in [-0.2, 0) is 4.74 Å². The summed E-state index contributed by atoms with van der Waals surface area (Å²) in [5.74, 6) is 2.60. The number of hydrogen-bond acceptors (Lipinski definition) is 3. The van der Waals surface area contributed by atoms with Crippen molar-refractivity contribution in [2.24, 2.45) is 4.99 Å². The number of aliphatic imine (C=N–C) groups is 1. The van der Waals surface area contributed by atoms with Gasteiger partial charge in [0.05, 0.1) is 19.2 Å². The quantitative estimate of drug-likeness (QED) is 0.461. The second-order valence-electron chi connectivity index (χ2n) is 4.07. The molecule has 1 aromatic rings. The first-order chi connectivity index (χ1) is 8.67. The number of guanidine groups is 1. The maximum Gasteiger partial charge on any atom is 0.191 e. The number of methoxy groups -OCH3 is 1. The fraction of sp³-hybridized carbons (Fsp3) is 0.615. The molecule has 0 saturated carbocycles. The molecule has 0 aliphatic heterocycles. The van der Waals surface area contributed by atoms with E-state index < -0.39 is 0 Å². The number of aryl methyl sites for hydroxylation is 1. The van der Waals surface area contributed by atoms with Gasteiger partial charge in [-0.25, -0.2) is 0 Å². The van der Waals surface area contributed by atoms with E-state index in [2.05, 4.69) is 15.6 Å². The van der Waals surface area contributed by atoms with Crippen molar-refractivity contribution in [3.05, 3.63) is 23.7 Å². The van der Waals surface area contributed by atoms with Gasteiger partial charge in [0.15, 0.2) is 5.96 Å². The highest BCUT2D eigenvalue weighted by Gasteiger charge is 2.10. The SMILES string of the molecule is CCNC(=NCCOC)N[C@H](C)c1ccc(C)o1. The molecule has 0 saturated heterocycles. The van der Waals surface area contributed by atoms with E-state index in [1.165, 1.54) is 0 Å². The smallest absolute Gasteiger partial charge is 0.191 e. The van der Waals surface area contributed by atoms with Crippen LogP contribution in [0.1, 0.15) is 31.4 Å². The molecule has 0 aromatic carbocycles. The number of ether oxygens (including phenoxy) is 1. The van der Waals surface area contributed by atoms with Crippen LogP contribution >= 0.6 is 0 Å². The summed E-state index contributed by atoms with van der Waals surface area (Å²) in [6, 6.07) is 4.02. The molecule has 1 aromatic heterocycles. The van der Waals surface area contributed by atoms with Crippen molar-refractivity contribution in [3.8, 4) is 0 Å². The summed E-state index contributed by atoms with van der Waals surface area (Å²) in [7, 11) is 1.67. The number of nitrogens with one attached hydrogen (secondary N) is 2. The average Bonchev–Trinajstić information content (AvgIpc) is 2.76. The lowest BCUT2D eigenvalue weighted by Gasteiger charge is -2.16. The van der Waals surface area contributed by atoms with Gasteiger partial charge in [-0.3, -0.25) is 4.99 Å². The lowest BCUT2D eigenvalue weighted by molar-refractivity contribution is 0.208. The minimum absolute atomic E-state index is 0.0824. The van der Waals surface area contributed by atoms with E-state index in [9.17, 15) is 0 Å². The van der Waals surface area contributed by atoms with E-state index in [4.69, 9.17) is 9.15 Å². The largest absolute Gasteiger partial charge is 0.464 e. The third-order valence-electron chi connectivity index (χ3n) is 2.45. The minimum Gasteiger partial charge on any atom is -0.464 e. The molecule has 2 N–H and O–H groups in total. The lowest BCUT2D eigenvalue weighted by Crippen LogP contribution is -2.38. The highest BCUT2D eigenvalue weighted by atomic mass is 16.5. The van der Waals surface area contributed by atoms with Gasteiger partial charge in [0, 0.05) is 13.7 Å². The summed E-state index contributed by atoms with van der Waals surface area (Å²) in [6.45, 7) is 8.09. The maximum absolute atomic E-state index is 5.58. The molecular formula is C13H23N3O2. The Labute approximate surface area is 109 Å². The zero-order chi connectivity index (χ0) is 13.4. The van der Waals surface area contributed by atoms with Crippen LogP contribution in [0.25, 0.3) is 0 Å². The maximum atomic E-state index is 5.58. The van der Waals surface area contributed by atoms with Crippen LogP contribution < -0.4 is 10.6 Å². The molecule has 0 bridgehead atoms. The van der Waals surface area contributed by atoms with Gasteiger partial charge in [-0.15, -0.1) is 0 Å². The summed E-state index contributed by atoms with van der Waals surface area (Å²) in [4.78, 5) is 4.40. The van der Waals surface area contributed by atoms with Crippen molar-refractivity contribution >= 4 is 5.96 Å². The van der Waals surface area contributed by atoms with Gasteiger partial charge in [-0.2, -0.15) is 0 Å². The molecule has 1 heterocycles. The first-order valence-electron chi connectivity index (χ1n) is 6.27. The van der Waals surface area contributed by atoms with Crippen LogP contribution in [-0.4, -0.2) is 32.8 Å². The van der Waals surface area contributed by atoms with Gasteiger partial charge in [-0.1, -0.05) is 0 Å². The Morgan fingerprint density at radius 1 is 1.50 bits per heavy atom. The summed E-state index contributed by atoms with van der Waals surface area (Å²) in [5.41, 5.74) is 0. The van der Waals surface area contributed by atoms with E-state index in [1.54, 1.807) is 7.11 Å². The molecule has 0 radical (unpaired) electrons. The second kappa shape index (κ2) is 7.76. The first-order valence-corrected chi connectivity index (χ1v) is 6.27. The second-order valence-corrected chi connectivity index (χ2v) is 4.07. The number of hydrogen-bond donors (Lipinski definition) is 2. The molecule has 1 rings (SSSR count). The third-order valence-corrected chi connectivity index (χ3v) is 2.45. The van der Waals surface area contributed by atoms with Crippen LogP contribution in [0.4, 0.5) is 0 Å². The standard InChI is InChI=1S/C13H23N3O2/c1-5-14-13(15-8-9-17-4)16-11(3)12-7-6-10(2)18-12/h6-7,11H,5,8-9H2,1-4H3,(H2,14,15,16)/t11-/m1/s1. The molecule has 5 heteroatoms. The Bertz CT molecular complexity index is 374. The summed E-state index contributed by atoms with van der Waals surface area (Å²) in [5, 5.41) is 6.49. The molecule has 0 unspecified atom stereocenters. The molecule has 18 heavy (non-hydrogen) atoms. The van der Waals surface area contributed by atoms with Crippen LogP contribution in [0.3, 0.4) is 0 Å². The summed E-state index contributed by atoms with van der Waals surface area (Å²) < 4.78 is 10.6. The van der Waals surface area contributed by atoms with Crippen molar-refractivity contribution in [2.75, 3.05) is 26.8 Å². The summed E-state index contributed by atoms with van der Waals surface area (Å²) in [6.07, 6.45) is 0. The van der Waals surface area contributed by atoms with E-state index in [1.807, 2.05) is 32.9 Å². The fourth-order valence-electron chi connectivity index (χ4n) is 1.53. The van der Waals surface area contributed by atoms with Gasteiger partial charge in [0.2, 0.25) is 0 Å². The van der Waals surface area contributed by atoms with Crippen LogP contribution in [0.2, 0.25) is 0 Å². The molecule has 0 spiro atoms. The normalized spacial score (nSPS) is 13.4. The molecule has 5 nitrogen and oxygen atoms in total. The van der Waals surface area contributed by atoms with Crippen molar-refractivity contribution < 1.29 is 9.15 Å². The van der Waals surface area contributed by atoms with E-state index in [-0.39, 0.29) is 6.04 Å². The predicted molar refractivity (Wildman–Crippen MR) is 72.9 cm³/mol. The molecule has 0 aliphatic rings. The van der Waals surface area contributed by atoms with E-state index in [0.29, 0.717) is 13.2 Å². The third kappa shape index (κ3) is 4.79. The van der Waals surface area contributed by atoms with Crippen molar-refractivity contribution in [3.63, 3.8) is 0 Å². The summed E-state index contributed by atoms with van der Waals surface area (Å²) >= 11 is 0. The highest BCUT2D eigenvalue weighted by molar-refractivity contribution is 5.80. The molecule has 0 aliphatic carbocycles. The van der Waals surface area contributed by atoms with Gasteiger partial charge >= 0.3 is 0 Å². The predicted octanol–water partition coefficient (Wildman–Crippen LogP) is 1.85. The molecular weight excluding hydrogens is 230 g/mol. The van der Waals surface area contributed by atoms with Gasteiger partial charge in [0.25, 0.3) is 0 Å².